The number of hydrogen-bond donors (Lipinski definition) is 0. The molecule has 0 saturated heterocycles. The van der Waals surface area contributed by atoms with Crippen molar-refractivity contribution in [2.75, 3.05) is 0 Å². The molecule has 0 N–H and O–H groups in total. The summed E-state index contributed by atoms with van der Waals surface area (Å²) in [5.41, 5.74) is 12.0. The molecular formula is C41H28F2Si. The van der Waals surface area contributed by atoms with Gasteiger partial charge in [0.1, 0.15) is 0 Å². The van der Waals surface area contributed by atoms with Crippen LogP contribution in [0.2, 0.25) is 0 Å². The smallest absolute Gasteiger partial charge is 0.267 e. The molecule has 0 saturated carbocycles. The van der Waals surface area contributed by atoms with Gasteiger partial charge in [-0.2, -0.15) is 0 Å². The van der Waals surface area contributed by atoms with Gasteiger partial charge in [0.05, 0.1) is 10.1 Å². The van der Waals surface area contributed by atoms with E-state index in [9.17, 15) is 0 Å². The monoisotopic (exact) mass is 586 g/mol. The number of hydrogen-bond acceptors (Lipinski definition) is 0. The van der Waals surface area contributed by atoms with Gasteiger partial charge in [-0.1, -0.05) is 140 Å². The molecule has 0 atom stereocenters. The number of rotatable bonds is 2. The van der Waals surface area contributed by atoms with Gasteiger partial charge >= 0.3 is 8.74 Å². The molecule has 0 fully saturated rings. The second kappa shape index (κ2) is 8.10. The minimum absolute atomic E-state index is 0.0565. The van der Waals surface area contributed by atoms with E-state index in [2.05, 4.69) is 43.3 Å². The van der Waals surface area contributed by atoms with E-state index in [1.54, 1.807) is 0 Å². The molecule has 0 aromatic heterocycles. The summed E-state index contributed by atoms with van der Waals surface area (Å²) in [7, 11) is -5.66. The molecule has 0 spiro atoms. The summed E-state index contributed by atoms with van der Waals surface area (Å²) in [4.78, 5) is 0. The minimum atomic E-state index is -5.66. The van der Waals surface area contributed by atoms with Gasteiger partial charge in [-0.3, -0.25) is 8.22 Å². The van der Waals surface area contributed by atoms with E-state index in [1.165, 1.54) is 0 Å². The molecular weight excluding hydrogens is 559 g/mol. The van der Waals surface area contributed by atoms with Crippen molar-refractivity contribution in [2.24, 2.45) is 0 Å². The Morgan fingerprint density at radius 1 is 0.409 bits per heavy atom. The average molecular weight is 587 g/mol. The molecule has 0 heterocycles. The van der Waals surface area contributed by atoms with Gasteiger partial charge in [0.25, 0.3) is 0 Å². The van der Waals surface area contributed by atoms with Crippen molar-refractivity contribution >= 4 is 8.74 Å². The fourth-order valence-corrected chi connectivity index (χ4v) is 13.9. The molecule has 6 aromatic carbocycles. The first-order chi connectivity index (χ1) is 21.5. The third-order valence-corrected chi connectivity index (χ3v) is 14.8. The molecule has 210 valence electrons. The average Bonchev–Trinajstić information content (AvgIpc) is 3.07. The lowest BCUT2D eigenvalue weighted by Crippen LogP contribution is -2.70. The third-order valence-electron chi connectivity index (χ3n) is 11.3. The van der Waals surface area contributed by atoms with Crippen LogP contribution in [0.15, 0.2) is 140 Å². The van der Waals surface area contributed by atoms with Crippen molar-refractivity contribution in [2.45, 2.75) is 28.8 Å². The summed E-state index contributed by atoms with van der Waals surface area (Å²) < 4.78 is 39.8. The first-order valence-electron chi connectivity index (χ1n) is 15.5. The molecule has 44 heavy (non-hydrogen) atoms. The molecule has 6 aromatic rings. The second-order valence-corrected chi connectivity index (χ2v) is 15.6. The summed E-state index contributed by atoms with van der Waals surface area (Å²) in [6.07, 6.45) is 0. The van der Waals surface area contributed by atoms with Crippen molar-refractivity contribution in [3.63, 3.8) is 0 Å². The lowest BCUT2D eigenvalue weighted by Gasteiger charge is -2.60. The normalized spacial score (nSPS) is 24.4. The summed E-state index contributed by atoms with van der Waals surface area (Å²) in [5.74, 6) is -0.115. The Bertz CT molecular complexity index is 2050. The predicted molar refractivity (Wildman–Crippen MR) is 173 cm³/mol. The maximum atomic E-state index is 19.9. The molecule has 6 aliphatic carbocycles. The molecule has 12 rings (SSSR count). The van der Waals surface area contributed by atoms with E-state index in [1.807, 2.05) is 103 Å². The van der Waals surface area contributed by atoms with Crippen LogP contribution in [0.5, 0.6) is 0 Å². The molecule has 0 unspecified atom stereocenters. The van der Waals surface area contributed by atoms with Gasteiger partial charge in [0.2, 0.25) is 0 Å². The summed E-state index contributed by atoms with van der Waals surface area (Å²) >= 11 is 0. The fraction of sp³-hybridized carbons (Fsp3) is 0.122. The Kier molecular flexibility index (Phi) is 4.57. The van der Waals surface area contributed by atoms with Crippen LogP contribution >= 0.6 is 0 Å². The van der Waals surface area contributed by atoms with Crippen LogP contribution < -0.4 is 0 Å². The van der Waals surface area contributed by atoms with Gasteiger partial charge < -0.3 is 0 Å². The van der Waals surface area contributed by atoms with E-state index < -0.39 is 18.8 Å². The van der Waals surface area contributed by atoms with Gasteiger partial charge in [0, 0.05) is 11.8 Å². The van der Waals surface area contributed by atoms with E-state index in [-0.39, 0.29) is 11.8 Å². The quantitative estimate of drug-likeness (QED) is 0.140. The SMILES string of the molecule is Cc1cccc2c1C1c3ccccc3C2([Si](F)(F)C23c4ccccc4C(c4ccccc42)c2ccccc23)c2ccccc21. The fourth-order valence-electron chi connectivity index (χ4n) is 9.99. The van der Waals surface area contributed by atoms with Gasteiger partial charge in [-0.05, 0) is 79.2 Å². The lowest BCUT2D eigenvalue weighted by atomic mass is 9.59. The Morgan fingerprint density at radius 2 is 0.727 bits per heavy atom. The zero-order valence-corrected chi connectivity index (χ0v) is 25.2. The molecule has 0 amide bonds. The van der Waals surface area contributed by atoms with Gasteiger partial charge in [-0.25, -0.2) is 0 Å². The van der Waals surface area contributed by atoms with Crippen LogP contribution in [-0.2, 0) is 10.1 Å². The minimum Gasteiger partial charge on any atom is -0.267 e. The Morgan fingerprint density at radius 3 is 1.14 bits per heavy atom. The zero-order chi connectivity index (χ0) is 29.4. The molecule has 4 bridgehead atoms. The number of aryl methyl sites for hydroxylation is 1. The summed E-state index contributed by atoms with van der Waals surface area (Å²) in [6, 6.07) is 46.6. The van der Waals surface area contributed by atoms with Crippen molar-refractivity contribution in [3.8, 4) is 0 Å². The van der Waals surface area contributed by atoms with Crippen LogP contribution in [0, 0.1) is 6.92 Å². The molecule has 6 aliphatic rings. The van der Waals surface area contributed by atoms with Crippen molar-refractivity contribution < 1.29 is 8.22 Å². The zero-order valence-electron chi connectivity index (χ0n) is 24.2. The Balaban J connectivity index is 1.46. The van der Waals surface area contributed by atoms with E-state index in [0.29, 0.717) is 0 Å². The standard InChI is InChI=1S/C41H28F2Si/c1-25-13-12-24-36-37(25)39-29-17-5-10-22-34(29)41(36,35-23-11-6-18-30(35)39)44(42,43)40-31-19-7-2-14-26(31)38(27-15-3-8-20-32(27)40)28-16-4-9-21-33(28)40/h2-24,38-39H,1H3. The molecule has 0 aliphatic heterocycles. The Labute approximate surface area is 257 Å². The molecule has 3 heteroatoms. The first-order valence-corrected chi connectivity index (χ1v) is 17.2. The van der Waals surface area contributed by atoms with Crippen LogP contribution in [0.1, 0.15) is 84.2 Å². The summed E-state index contributed by atoms with van der Waals surface area (Å²) in [5, 5.41) is -3.18. The third kappa shape index (κ3) is 2.44. The summed E-state index contributed by atoms with van der Waals surface area (Å²) in [6.45, 7) is 2.10. The highest BCUT2D eigenvalue weighted by atomic mass is 28.4. The number of benzene rings is 6. The molecule has 0 nitrogen and oxygen atoms in total. The van der Waals surface area contributed by atoms with Crippen LogP contribution in [0.3, 0.4) is 0 Å². The maximum Gasteiger partial charge on any atom is 0.462 e. The van der Waals surface area contributed by atoms with Crippen LogP contribution in [-0.4, -0.2) is 8.74 Å². The highest BCUT2D eigenvalue weighted by Gasteiger charge is 2.79. The predicted octanol–water partition coefficient (Wildman–Crippen LogP) is 9.44. The second-order valence-electron chi connectivity index (χ2n) is 12.9. The van der Waals surface area contributed by atoms with E-state index in [0.717, 1.165) is 72.3 Å². The lowest BCUT2D eigenvalue weighted by molar-refractivity contribution is 0.439. The van der Waals surface area contributed by atoms with E-state index >= 15 is 8.22 Å². The molecule has 0 radical (unpaired) electrons. The maximum absolute atomic E-state index is 19.9. The van der Waals surface area contributed by atoms with Gasteiger partial charge in [0.15, 0.2) is 0 Å². The van der Waals surface area contributed by atoms with Crippen molar-refractivity contribution in [1.29, 1.82) is 0 Å². The highest BCUT2D eigenvalue weighted by molar-refractivity contribution is 6.76. The van der Waals surface area contributed by atoms with E-state index in [4.69, 9.17) is 0 Å². The highest BCUT2D eigenvalue weighted by Crippen LogP contribution is 2.71. The van der Waals surface area contributed by atoms with Crippen molar-refractivity contribution in [3.05, 3.63) is 212 Å². The van der Waals surface area contributed by atoms with Crippen LogP contribution in [0.4, 0.5) is 8.22 Å². The van der Waals surface area contributed by atoms with Crippen LogP contribution in [0.25, 0.3) is 0 Å². The van der Waals surface area contributed by atoms with Crippen molar-refractivity contribution in [1.82, 2.24) is 0 Å². The number of halogens is 2. The largest absolute Gasteiger partial charge is 0.462 e. The van der Waals surface area contributed by atoms with Gasteiger partial charge in [-0.15, -0.1) is 0 Å². The first kappa shape index (κ1) is 24.8. The Hall–Kier alpha value is -4.60. The topological polar surface area (TPSA) is 0 Å².